The molecule has 0 unspecified atom stereocenters. The summed E-state index contributed by atoms with van der Waals surface area (Å²) < 4.78 is 15.2. The zero-order chi connectivity index (χ0) is 14.1. The lowest BCUT2D eigenvalue weighted by Crippen LogP contribution is -2.13. The standard InChI is InChI=1S/C13H10FN5O/c14-10-5-8(15)1-2-11(10)18-13(20)9-6-17-19-4-3-16-7-12(9)19/h1-7H,15H2,(H,18,20). The lowest BCUT2D eigenvalue weighted by molar-refractivity contribution is 0.102. The fourth-order valence-corrected chi connectivity index (χ4v) is 1.83. The Bertz CT molecular complexity index is 798. The quantitative estimate of drug-likeness (QED) is 0.695. The van der Waals surface area contributed by atoms with Crippen molar-refractivity contribution in [3.8, 4) is 0 Å². The highest BCUT2D eigenvalue weighted by atomic mass is 19.1. The van der Waals surface area contributed by atoms with Gasteiger partial charge in [-0.2, -0.15) is 5.10 Å². The minimum atomic E-state index is -0.590. The molecule has 0 atom stereocenters. The summed E-state index contributed by atoms with van der Waals surface area (Å²) in [4.78, 5) is 16.1. The molecule has 6 nitrogen and oxygen atoms in total. The normalized spacial score (nSPS) is 10.7. The number of hydrogen-bond acceptors (Lipinski definition) is 4. The molecular formula is C13H10FN5O. The predicted octanol–water partition coefficient (Wildman–Crippen LogP) is 1.70. The van der Waals surface area contributed by atoms with Gasteiger partial charge in [0.05, 0.1) is 29.2 Å². The van der Waals surface area contributed by atoms with Crippen LogP contribution >= 0.6 is 0 Å². The minimum Gasteiger partial charge on any atom is -0.399 e. The highest BCUT2D eigenvalue weighted by molar-refractivity contribution is 6.08. The summed E-state index contributed by atoms with van der Waals surface area (Å²) in [6, 6.07) is 4.07. The number of benzene rings is 1. The predicted molar refractivity (Wildman–Crippen MR) is 71.8 cm³/mol. The van der Waals surface area contributed by atoms with Crippen LogP contribution in [0.2, 0.25) is 0 Å². The van der Waals surface area contributed by atoms with Crippen LogP contribution in [0.3, 0.4) is 0 Å². The molecule has 3 aromatic rings. The number of nitrogen functional groups attached to an aromatic ring is 1. The zero-order valence-corrected chi connectivity index (χ0v) is 10.2. The van der Waals surface area contributed by atoms with Gasteiger partial charge in [0.15, 0.2) is 0 Å². The molecule has 0 aliphatic rings. The second-order valence-corrected chi connectivity index (χ2v) is 4.16. The summed E-state index contributed by atoms with van der Waals surface area (Å²) in [6.07, 6.45) is 6.10. The van der Waals surface area contributed by atoms with Crippen molar-refractivity contribution in [1.29, 1.82) is 0 Å². The van der Waals surface area contributed by atoms with Gasteiger partial charge in [0, 0.05) is 18.1 Å². The van der Waals surface area contributed by atoms with Gasteiger partial charge >= 0.3 is 0 Å². The third-order valence-corrected chi connectivity index (χ3v) is 2.81. The number of aromatic nitrogens is 3. The van der Waals surface area contributed by atoms with Crippen LogP contribution in [-0.2, 0) is 0 Å². The molecule has 0 radical (unpaired) electrons. The average molecular weight is 271 g/mol. The molecule has 0 aliphatic heterocycles. The van der Waals surface area contributed by atoms with E-state index >= 15 is 0 Å². The maximum absolute atomic E-state index is 13.6. The van der Waals surface area contributed by atoms with Gasteiger partial charge in [0.1, 0.15) is 5.82 Å². The molecule has 1 aromatic carbocycles. The van der Waals surface area contributed by atoms with Crippen LogP contribution in [0.5, 0.6) is 0 Å². The van der Waals surface area contributed by atoms with Crippen molar-refractivity contribution >= 4 is 22.8 Å². The second kappa shape index (κ2) is 4.61. The molecule has 7 heteroatoms. The van der Waals surface area contributed by atoms with E-state index < -0.39 is 11.7 Å². The number of nitrogens with one attached hydrogen (secondary N) is 1. The lowest BCUT2D eigenvalue weighted by atomic mass is 10.2. The number of nitrogens with zero attached hydrogens (tertiary/aromatic N) is 3. The zero-order valence-electron chi connectivity index (χ0n) is 10.2. The Hall–Kier alpha value is -2.96. The van der Waals surface area contributed by atoms with Crippen molar-refractivity contribution in [3.05, 3.63) is 54.4 Å². The average Bonchev–Trinajstić information content (AvgIpc) is 2.86. The third-order valence-electron chi connectivity index (χ3n) is 2.81. The molecule has 2 heterocycles. The van der Waals surface area contributed by atoms with E-state index in [1.54, 1.807) is 12.4 Å². The monoisotopic (exact) mass is 271 g/mol. The Morgan fingerprint density at radius 1 is 1.35 bits per heavy atom. The minimum absolute atomic E-state index is 0.0624. The highest BCUT2D eigenvalue weighted by Gasteiger charge is 2.14. The van der Waals surface area contributed by atoms with Gasteiger partial charge in [-0.15, -0.1) is 0 Å². The van der Waals surface area contributed by atoms with Gasteiger partial charge in [-0.05, 0) is 18.2 Å². The number of amides is 1. The van der Waals surface area contributed by atoms with E-state index in [2.05, 4.69) is 15.4 Å². The summed E-state index contributed by atoms with van der Waals surface area (Å²) in [6.45, 7) is 0. The molecule has 2 aromatic heterocycles. The van der Waals surface area contributed by atoms with Crippen LogP contribution in [0.15, 0.2) is 43.0 Å². The van der Waals surface area contributed by atoms with E-state index in [0.29, 0.717) is 16.8 Å². The second-order valence-electron chi connectivity index (χ2n) is 4.16. The van der Waals surface area contributed by atoms with Crippen LogP contribution < -0.4 is 11.1 Å². The van der Waals surface area contributed by atoms with Crippen molar-refractivity contribution < 1.29 is 9.18 Å². The molecule has 0 saturated carbocycles. The molecule has 0 spiro atoms. The van der Waals surface area contributed by atoms with E-state index in [9.17, 15) is 9.18 Å². The smallest absolute Gasteiger partial charge is 0.259 e. The van der Waals surface area contributed by atoms with Crippen molar-refractivity contribution in [1.82, 2.24) is 14.6 Å². The Morgan fingerprint density at radius 3 is 3.00 bits per heavy atom. The molecule has 3 rings (SSSR count). The third kappa shape index (κ3) is 2.05. The van der Waals surface area contributed by atoms with Crippen LogP contribution in [0.4, 0.5) is 15.8 Å². The number of anilines is 2. The van der Waals surface area contributed by atoms with Gasteiger partial charge in [0.2, 0.25) is 0 Å². The maximum Gasteiger partial charge on any atom is 0.259 e. The maximum atomic E-state index is 13.6. The fraction of sp³-hybridized carbons (Fsp3) is 0. The topological polar surface area (TPSA) is 85.3 Å². The molecule has 0 fully saturated rings. The number of hydrogen-bond donors (Lipinski definition) is 2. The molecule has 100 valence electrons. The van der Waals surface area contributed by atoms with Gasteiger partial charge in [-0.3, -0.25) is 9.78 Å². The fourth-order valence-electron chi connectivity index (χ4n) is 1.83. The molecule has 20 heavy (non-hydrogen) atoms. The molecule has 0 bridgehead atoms. The first-order valence-corrected chi connectivity index (χ1v) is 5.79. The number of carbonyl (C=O) groups excluding carboxylic acids is 1. The first kappa shape index (κ1) is 12.1. The van der Waals surface area contributed by atoms with Gasteiger partial charge in [0.25, 0.3) is 5.91 Å². The van der Waals surface area contributed by atoms with E-state index in [4.69, 9.17) is 5.73 Å². The number of fused-ring (bicyclic) bond motifs is 1. The molecule has 0 saturated heterocycles. The first-order valence-electron chi connectivity index (χ1n) is 5.79. The van der Waals surface area contributed by atoms with Gasteiger partial charge in [-0.25, -0.2) is 8.91 Å². The van der Waals surface area contributed by atoms with Crippen molar-refractivity contribution in [2.24, 2.45) is 0 Å². The summed E-state index contributed by atoms with van der Waals surface area (Å²) in [5, 5.41) is 6.50. The summed E-state index contributed by atoms with van der Waals surface area (Å²) >= 11 is 0. The van der Waals surface area contributed by atoms with E-state index in [1.807, 2.05) is 0 Å². The largest absolute Gasteiger partial charge is 0.399 e. The number of nitrogens with two attached hydrogens (primary N) is 1. The number of rotatable bonds is 2. The molecular weight excluding hydrogens is 261 g/mol. The molecule has 3 N–H and O–H groups in total. The van der Waals surface area contributed by atoms with Crippen molar-refractivity contribution in [2.75, 3.05) is 11.1 Å². The number of halogens is 1. The highest BCUT2D eigenvalue weighted by Crippen LogP contribution is 2.18. The van der Waals surface area contributed by atoms with Crippen LogP contribution in [-0.4, -0.2) is 20.5 Å². The summed E-state index contributed by atoms with van der Waals surface area (Å²) in [5.41, 5.74) is 6.66. The Labute approximate surface area is 113 Å². The molecule has 1 amide bonds. The van der Waals surface area contributed by atoms with Crippen LogP contribution in [0.1, 0.15) is 10.4 Å². The Balaban J connectivity index is 1.93. The first-order chi connectivity index (χ1) is 9.65. The Kier molecular flexibility index (Phi) is 2.79. The SMILES string of the molecule is Nc1ccc(NC(=O)c2cnn3ccncc23)c(F)c1. The van der Waals surface area contributed by atoms with Crippen molar-refractivity contribution in [2.45, 2.75) is 0 Å². The molecule has 0 aliphatic carbocycles. The lowest BCUT2D eigenvalue weighted by Gasteiger charge is -2.06. The van der Waals surface area contributed by atoms with Gasteiger partial charge in [-0.1, -0.05) is 0 Å². The number of carbonyl (C=O) groups is 1. The van der Waals surface area contributed by atoms with E-state index in [1.165, 1.54) is 29.0 Å². The summed E-state index contributed by atoms with van der Waals surface area (Å²) in [5.74, 6) is -1.05. The van der Waals surface area contributed by atoms with Crippen molar-refractivity contribution in [3.63, 3.8) is 0 Å². The van der Waals surface area contributed by atoms with E-state index in [-0.39, 0.29) is 5.69 Å². The summed E-state index contributed by atoms with van der Waals surface area (Å²) in [7, 11) is 0. The van der Waals surface area contributed by atoms with Gasteiger partial charge < -0.3 is 11.1 Å². The van der Waals surface area contributed by atoms with Crippen LogP contribution in [0.25, 0.3) is 5.52 Å². The van der Waals surface area contributed by atoms with Crippen LogP contribution in [0, 0.1) is 5.82 Å². The Morgan fingerprint density at radius 2 is 2.20 bits per heavy atom. The van der Waals surface area contributed by atoms with E-state index in [0.717, 1.165) is 6.07 Å².